The first-order valence-electron chi connectivity index (χ1n) is 21.2. The van der Waals surface area contributed by atoms with E-state index in [0.717, 1.165) is 18.4 Å². The molecule has 0 aliphatic carbocycles. The number of nitrogens with zero attached hydrogens (tertiary/aromatic N) is 3. The van der Waals surface area contributed by atoms with Gasteiger partial charge in [-0.2, -0.15) is 0 Å². The molecule has 1 aliphatic rings. The molecule has 2 N–H and O–H groups in total. The molecular weight excluding hydrogens is 723 g/mol. The highest BCUT2D eigenvalue weighted by Gasteiger charge is 2.43. The van der Waals surface area contributed by atoms with Crippen molar-refractivity contribution in [3.8, 4) is 0 Å². The Bertz CT molecular complexity index is 1410. The van der Waals surface area contributed by atoms with Crippen molar-refractivity contribution in [1.29, 1.82) is 0 Å². The maximum Gasteiger partial charge on any atom is 0.226 e. The second kappa shape index (κ2) is 24.7. The molecule has 0 saturated carbocycles. The maximum atomic E-state index is 14.3. The number of hydrogen-bond donors (Lipinski definition) is 2. The van der Waals surface area contributed by atoms with Crippen LogP contribution < -0.4 is 10.6 Å². The van der Waals surface area contributed by atoms with E-state index in [9.17, 15) is 24.0 Å². The fourth-order valence-electron chi connectivity index (χ4n) is 8.55. The van der Waals surface area contributed by atoms with Crippen LogP contribution in [0, 0.1) is 35.5 Å². The van der Waals surface area contributed by atoms with E-state index in [4.69, 9.17) is 9.47 Å². The number of carbonyl (C=O) groups is 5. The molecule has 9 atom stereocenters. The molecule has 0 bridgehead atoms. The Morgan fingerprint density at radius 3 is 2.05 bits per heavy atom. The van der Waals surface area contributed by atoms with Gasteiger partial charge >= 0.3 is 0 Å². The van der Waals surface area contributed by atoms with E-state index in [2.05, 4.69) is 24.5 Å². The number of likely N-dealkylation sites (tertiary alicyclic amines) is 1. The first-order valence-corrected chi connectivity index (χ1v) is 21.2. The molecule has 0 unspecified atom stereocenters. The van der Waals surface area contributed by atoms with Gasteiger partial charge in [0.15, 0.2) is 5.78 Å². The Labute approximate surface area is 344 Å². The van der Waals surface area contributed by atoms with Gasteiger partial charge in [-0.05, 0) is 63.7 Å². The lowest BCUT2D eigenvalue weighted by Gasteiger charge is -2.41. The quantitative estimate of drug-likeness (QED) is 0.134. The first-order chi connectivity index (χ1) is 26.9. The van der Waals surface area contributed by atoms with E-state index in [0.29, 0.717) is 32.5 Å². The molecule has 1 heterocycles. The molecular formula is C45H77N5O7. The number of rotatable bonds is 26. The van der Waals surface area contributed by atoms with E-state index in [-0.39, 0.29) is 78.4 Å². The third-order valence-electron chi connectivity index (χ3n) is 12.2. The smallest absolute Gasteiger partial charge is 0.226 e. The zero-order valence-electron chi connectivity index (χ0n) is 37.5. The number of likely N-dealkylation sites (N-methyl/N-ethyl adjacent to an activating group) is 3. The summed E-state index contributed by atoms with van der Waals surface area (Å²) in [6.07, 6.45) is 1.71. The number of nitrogens with one attached hydrogen (secondary N) is 2. The number of hydrogen-bond acceptors (Lipinski definition) is 9. The minimum atomic E-state index is -0.600. The SMILES string of the molecule is CC[C@H](C)[C@@H]([C@@H](CC(=O)N1CCC[C@H]1[C@H](OC)[C@@H](C)C(=O)C[C@@H](Cc1ccccc1)C(=O)NCCN(C)C)OC)N(C)C(=O)[C@@H](CC(=O)[C@@H](NC)C(C)C)C(C)C. The summed E-state index contributed by atoms with van der Waals surface area (Å²) >= 11 is 0. The van der Waals surface area contributed by atoms with Crippen LogP contribution >= 0.6 is 0 Å². The maximum absolute atomic E-state index is 14.3. The van der Waals surface area contributed by atoms with Crippen LogP contribution in [0.25, 0.3) is 0 Å². The highest BCUT2D eigenvalue weighted by atomic mass is 16.5. The number of ether oxygens (including phenoxy) is 2. The summed E-state index contributed by atoms with van der Waals surface area (Å²) in [7, 11) is 10.6. The standard InChI is InChI=1S/C45H77N5O7/c1-14-31(6)42(49(11)45(55)35(29(2)3)27-38(52)41(46-8)30(4)5)39(56-12)28-40(53)50-23-18-21-36(50)43(57-13)32(7)37(51)26-34(25-33-19-16-15-17-20-33)44(54)47-22-24-48(9)10/h15-17,19-20,29-32,34-36,39,41-43,46H,14,18,21-28H2,1-13H3,(H,47,54)/t31-,32-,34+,35-,36-,39+,41-,42-,43+/m0/s1. The van der Waals surface area contributed by atoms with Crippen LogP contribution in [-0.4, -0.2) is 136 Å². The molecule has 57 heavy (non-hydrogen) atoms. The number of amides is 3. The molecule has 1 aliphatic heterocycles. The predicted molar refractivity (Wildman–Crippen MR) is 227 cm³/mol. The molecule has 1 aromatic carbocycles. The molecule has 1 fully saturated rings. The molecule has 0 spiro atoms. The van der Waals surface area contributed by atoms with Crippen molar-refractivity contribution in [3.63, 3.8) is 0 Å². The van der Waals surface area contributed by atoms with Crippen LogP contribution in [0.4, 0.5) is 0 Å². The van der Waals surface area contributed by atoms with Crippen LogP contribution in [-0.2, 0) is 39.9 Å². The van der Waals surface area contributed by atoms with Crippen molar-refractivity contribution in [2.75, 3.05) is 62.0 Å². The highest BCUT2D eigenvalue weighted by molar-refractivity contribution is 5.90. The summed E-state index contributed by atoms with van der Waals surface area (Å²) in [6, 6.07) is 8.65. The minimum Gasteiger partial charge on any atom is -0.379 e. The lowest BCUT2D eigenvalue weighted by atomic mass is 9.84. The fourth-order valence-corrected chi connectivity index (χ4v) is 8.55. The van der Waals surface area contributed by atoms with E-state index < -0.39 is 36.0 Å². The third-order valence-corrected chi connectivity index (χ3v) is 12.2. The van der Waals surface area contributed by atoms with Crippen molar-refractivity contribution in [2.45, 2.75) is 124 Å². The molecule has 324 valence electrons. The van der Waals surface area contributed by atoms with E-state index in [1.54, 1.807) is 33.2 Å². The second-order valence-corrected chi connectivity index (χ2v) is 17.3. The lowest BCUT2D eigenvalue weighted by molar-refractivity contribution is -0.149. The Hall–Kier alpha value is -3.19. The minimum absolute atomic E-state index is 0.00332. The molecule has 2 rings (SSSR count). The Morgan fingerprint density at radius 1 is 0.877 bits per heavy atom. The van der Waals surface area contributed by atoms with Gasteiger partial charge in [-0.15, -0.1) is 0 Å². The average Bonchev–Trinajstić information content (AvgIpc) is 3.66. The number of benzene rings is 1. The molecule has 12 heteroatoms. The molecule has 1 aromatic rings. The van der Waals surface area contributed by atoms with Gasteiger partial charge in [0.25, 0.3) is 0 Å². The van der Waals surface area contributed by atoms with Crippen molar-refractivity contribution in [1.82, 2.24) is 25.3 Å². The van der Waals surface area contributed by atoms with Gasteiger partial charge in [-0.1, -0.05) is 85.2 Å². The monoisotopic (exact) mass is 800 g/mol. The van der Waals surface area contributed by atoms with Crippen molar-refractivity contribution in [3.05, 3.63) is 35.9 Å². The van der Waals surface area contributed by atoms with E-state index in [1.807, 2.05) is 88.8 Å². The van der Waals surface area contributed by atoms with Gasteiger partial charge in [0.1, 0.15) is 5.78 Å². The number of methoxy groups -OCH3 is 2. The number of Topliss-reactive ketones (excluding diaryl/α,β-unsaturated/α-hetero) is 2. The van der Waals surface area contributed by atoms with Crippen LogP contribution in [0.3, 0.4) is 0 Å². The normalized spacial score (nSPS) is 18.8. The van der Waals surface area contributed by atoms with Gasteiger partial charge in [0.05, 0.1) is 36.8 Å². The average molecular weight is 800 g/mol. The summed E-state index contributed by atoms with van der Waals surface area (Å²) in [4.78, 5) is 74.9. The fraction of sp³-hybridized carbons (Fsp3) is 0.756. The summed E-state index contributed by atoms with van der Waals surface area (Å²) in [5.74, 6) is -2.06. The number of ketones is 2. The molecule has 12 nitrogen and oxygen atoms in total. The second-order valence-electron chi connectivity index (χ2n) is 17.3. The molecule has 0 radical (unpaired) electrons. The Kier molecular flexibility index (Phi) is 21.6. The Morgan fingerprint density at radius 2 is 1.53 bits per heavy atom. The molecule has 1 saturated heterocycles. The van der Waals surface area contributed by atoms with E-state index >= 15 is 0 Å². The summed E-state index contributed by atoms with van der Waals surface area (Å²) in [5.41, 5.74) is 0.985. The summed E-state index contributed by atoms with van der Waals surface area (Å²) in [6.45, 7) is 15.6. The first kappa shape index (κ1) is 50.0. The van der Waals surface area contributed by atoms with Gasteiger partial charge in [-0.25, -0.2) is 0 Å². The third kappa shape index (κ3) is 14.5. The van der Waals surface area contributed by atoms with Crippen LogP contribution in [0.5, 0.6) is 0 Å². The van der Waals surface area contributed by atoms with Crippen LogP contribution in [0.15, 0.2) is 30.3 Å². The van der Waals surface area contributed by atoms with E-state index in [1.165, 1.54) is 0 Å². The van der Waals surface area contributed by atoms with Crippen molar-refractivity contribution >= 4 is 29.3 Å². The largest absolute Gasteiger partial charge is 0.379 e. The molecule has 0 aromatic heterocycles. The highest BCUT2D eigenvalue weighted by Crippen LogP contribution is 2.31. The summed E-state index contributed by atoms with van der Waals surface area (Å²) in [5, 5.41) is 6.14. The van der Waals surface area contributed by atoms with Gasteiger partial charge in [0, 0.05) is 71.5 Å². The Balaban J connectivity index is 2.29. The summed E-state index contributed by atoms with van der Waals surface area (Å²) < 4.78 is 12.1. The van der Waals surface area contributed by atoms with Crippen LogP contribution in [0.2, 0.25) is 0 Å². The zero-order chi connectivity index (χ0) is 43.0. The van der Waals surface area contributed by atoms with Crippen molar-refractivity contribution in [2.24, 2.45) is 35.5 Å². The van der Waals surface area contributed by atoms with Crippen molar-refractivity contribution < 1.29 is 33.4 Å². The zero-order valence-corrected chi connectivity index (χ0v) is 37.5. The van der Waals surface area contributed by atoms with Gasteiger partial charge < -0.3 is 34.8 Å². The van der Waals surface area contributed by atoms with Crippen LogP contribution in [0.1, 0.15) is 92.6 Å². The van der Waals surface area contributed by atoms with Gasteiger partial charge in [0.2, 0.25) is 17.7 Å². The lowest BCUT2D eigenvalue weighted by Crippen LogP contribution is -2.54. The predicted octanol–water partition coefficient (Wildman–Crippen LogP) is 4.88. The molecule has 3 amide bonds. The topological polar surface area (TPSA) is 138 Å². The number of carbonyl (C=O) groups excluding carboxylic acids is 5. The van der Waals surface area contributed by atoms with Gasteiger partial charge in [-0.3, -0.25) is 24.0 Å².